The van der Waals surface area contributed by atoms with Crippen molar-refractivity contribution in [2.24, 2.45) is 0 Å². The van der Waals surface area contributed by atoms with E-state index >= 15 is 0 Å². The standard InChI is InChI=1S/C13H23N3O/c1-15(12-5-2-3-6-13(12)17)8-4-9-16-10-7-14-11-16/h7,10-13,17H,2-6,8-9H2,1H3. The summed E-state index contributed by atoms with van der Waals surface area (Å²) in [5, 5.41) is 9.97. The van der Waals surface area contributed by atoms with Gasteiger partial charge in [0.25, 0.3) is 0 Å². The fourth-order valence-electron chi connectivity index (χ4n) is 2.69. The van der Waals surface area contributed by atoms with Crippen molar-refractivity contribution in [1.82, 2.24) is 14.5 Å². The Hall–Kier alpha value is -0.870. The predicted molar refractivity (Wildman–Crippen MR) is 67.7 cm³/mol. The monoisotopic (exact) mass is 237 g/mol. The Morgan fingerprint density at radius 1 is 1.41 bits per heavy atom. The smallest absolute Gasteiger partial charge is 0.0945 e. The molecule has 4 nitrogen and oxygen atoms in total. The topological polar surface area (TPSA) is 41.3 Å². The van der Waals surface area contributed by atoms with Crippen molar-refractivity contribution in [3.8, 4) is 0 Å². The van der Waals surface area contributed by atoms with Crippen molar-refractivity contribution in [3.05, 3.63) is 18.7 Å². The van der Waals surface area contributed by atoms with E-state index in [0.717, 1.165) is 32.4 Å². The molecule has 2 rings (SSSR count). The van der Waals surface area contributed by atoms with Crippen LogP contribution in [-0.2, 0) is 6.54 Å². The van der Waals surface area contributed by atoms with E-state index in [4.69, 9.17) is 0 Å². The maximum Gasteiger partial charge on any atom is 0.0945 e. The molecule has 0 saturated heterocycles. The van der Waals surface area contributed by atoms with Gasteiger partial charge in [-0.3, -0.25) is 0 Å². The Kier molecular flexibility index (Phi) is 4.57. The first-order valence-corrected chi connectivity index (χ1v) is 6.61. The molecule has 0 spiro atoms. The fraction of sp³-hybridized carbons (Fsp3) is 0.769. The molecule has 1 saturated carbocycles. The Balaban J connectivity index is 1.71. The van der Waals surface area contributed by atoms with Gasteiger partial charge in [-0.1, -0.05) is 12.8 Å². The van der Waals surface area contributed by atoms with Crippen molar-refractivity contribution in [2.75, 3.05) is 13.6 Å². The molecule has 17 heavy (non-hydrogen) atoms. The molecule has 0 bridgehead atoms. The average Bonchev–Trinajstić information content (AvgIpc) is 2.82. The zero-order valence-corrected chi connectivity index (χ0v) is 10.6. The Labute approximate surface area is 103 Å². The lowest BCUT2D eigenvalue weighted by molar-refractivity contribution is 0.0314. The molecule has 1 aliphatic carbocycles. The van der Waals surface area contributed by atoms with Gasteiger partial charge in [-0.05, 0) is 32.9 Å². The Bertz CT molecular complexity index is 312. The summed E-state index contributed by atoms with van der Waals surface area (Å²) in [6, 6.07) is 0.367. The first-order chi connectivity index (χ1) is 8.27. The molecular weight excluding hydrogens is 214 g/mol. The molecule has 1 aromatic heterocycles. The number of likely N-dealkylation sites (N-methyl/N-ethyl adjacent to an activating group) is 1. The van der Waals surface area contributed by atoms with Crippen LogP contribution < -0.4 is 0 Å². The highest BCUT2D eigenvalue weighted by molar-refractivity contribution is 4.81. The van der Waals surface area contributed by atoms with Crippen LogP contribution in [0.15, 0.2) is 18.7 Å². The molecule has 1 heterocycles. The molecule has 0 amide bonds. The third-order valence-corrected chi connectivity index (χ3v) is 3.75. The van der Waals surface area contributed by atoms with Crippen LogP contribution in [0.5, 0.6) is 0 Å². The first kappa shape index (κ1) is 12.6. The molecule has 0 aromatic carbocycles. The van der Waals surface area contributed by atoms with Gasteiger partial charge in [0.2, 0.25) is 0 Å². The molecule has 0 radical (unpaired) electrons. The first-order valence-electron chi connectivity index (χ1n) is 6.61. The molecule has 2 atom stereocenters. The van der Waals surface area contributed by atoms with Gasteiger partial charge in [0.15, 0.2) is 0 Å². The minimum Gasteiger partial charge on any atom is -0.391 e. The van der Waals surface area contributed by atoms with E-state index in [1.165, 1.54) is 12.8 Å². The van der Waals surface area contributed by atoms with Crippen molar-refractivity contribution < 1.29 is 5.11 Å². The van der Waals surface area contributed by atoms with Gasteiger partial charge in [-0.25, -0.2) is 4.98 Å². The second-order valence-corrected chi connectivity index (χ2v) is 5.05. The van der Waals surface area contributed by atoms with Crippen LogP contribution in [0, 0.1) is 0 Å². The van der Waals surface area contributed by atoms with Crippen molar-refractivity contribution in [1.29, 1.82) is 0 Å². The third kappa shape index (κ3) is 3.54. The molecule has 4 heteroatoms. The van der Waals surface area contributed by atoms with Gasteiger partial charge in [0.05, 0.1) is 12.4 Å². The number of aliphatic hydroxyl groups is 1. The van der Waals surface area contributed by atoms with Gasteiger partial charge in [0.1, 0.15) is 0 Å². The zero-order chi connectivity index (χ0) is 12.1. The van der Waals surface area contributed by atoms with Crippen LogP contribution in [0.3, 0.4) is 0 Å². The van der Waals surface area contributed by atoms with Crippen LogP contribution >= 0.6 is 0 Å². The van der Waals surface area contributed by atoms with E-state index in [0.29, 0.717) is 6.04 Å². The number of aliphatic hydroxyl groups excluding tert-OH is 1. The molecule has 1 aliphatic rings. The zero-order valence-electron chi connectivity index (χ0n) is 10.6. The number of hydrogen-bond acceptors (Lipinski definition) is 3. The highest BCUT2D eigenvalue weighted by atomic mass is 16.3. The number of aromatic nitrogens is 2. The summed E-state index contributed by atoms with van der Waals surface area (Å²) in [5.74, 6) is 0. The molecule has 2 unspecified atom stereocenters. The molecule has 0 aliphatic heterocycles. The number of aryl methyl sites for hydroxylation is 1. The van der Waals surface area contributed by atoms with E-state index in [2.05, 4.69) is 21.5 Å². The van der Waals surface area contributed by atoms with E-state index in [1.807, 2.05) is 18.7 Å². The third-order valence-electron chi connectivity index (χ3n) is 3.75. The SMILES string of the molecule is CN(CCCn1ccnc1)C1CCCCC1O. The number of nitrogens with zero attached hydrogens (tertiary/aromatic N) is 3. The summed E-state index contributed by atoms with van der Waals surface area (Å²) in [6.45, 7) is 2.05. The number of rotatable bonds is 5. The summed E-state index contributed by atoms with van der Waals surface area (Å²) >= 11 is 0. The second kappa shape index (κ2) is 6.17. The summed E-state index contributed by atoms with van der Waals surface area (Å²) in [5.41, 5.74) is 0. The van der Waals surface area contributed by atoms with E-state index in [1.54, 1.807) is 0 Å². The molecule has 1 N–H and O–H groups in total. The number of hydrogen-bond donors (Lipinski definition) is 1. The largest absolute Gasteiger partial charge is 0.391 e. The average molecular weight is 237 g/mol. The lowest BCUT2D eigenvalue weighted by Crippen LogP contribution is -2.43. The lowest BCUT2D eigenvalue weighted by Gasteiger charge is -2.35. The van der Waals surface area contributed by atoms with Crippen LogP contribution in [0.1, 0.15) is 32.1 Å². The van der Waals surface area contributed by atoms with E-state index in [9.17, 15) is 5.11 Å². The van der Waals surface area contributed by atoms with Crippen LogP contribution in [0.4, 0.5) is 0 Å². The van der Waals surface area contributed by atoms with Crippen LogP contribution in [0.25, 0.3) is 0 Å². The molecular formula is C13H23N3O. The van der Waals surface area contributed by atoms with Gasteiger partial charge in [0, 0.05) is 25.0 Å². The van der Waals surface area contributed by atoms with Crippen LogP contribution in [-0.4, -0.2) is 45.3 Å². The summed E-state index contributed by atoms with van der Waals surface area (Å²) in [4.78, 5) is 6.35. The normalized spacial score (nSPS) is 25.4. The predicted octanol–water partition coefficient (Wildman–Crippen LogP) is 1.51. The van der Waals surface area contributed by atoms with Crippen molar-refractivity contribution in [3.63, 3.8) is 0 Å². The van der Waals surface area contributed by atoms with Crippen LogP contribution in [0.2, 0.25) is 0 Å². The quantitative estimate of drug-likeness (QED) is 0.844. The van der Waals surface area contributed by atoms with Gasteiger partial charge < -0.3 is 14.6 Å². The molecule has 1 fully saturated rings. The summed E-state index contributed by atoms with van der Waals surface area (Å²) < 4.78 is 2.10. The highest BCUT2D eigenvalue weighted by Gasteiger charge is 2.25. The summed E-state index contributed by atoms with van der Waals surface area (Å²) in [7, 11) is 2.13. The second-order valence-electron chi connectivity index (χ2n) is 5.05. The van der Waals surface area contributed by atoms with E-state index in [-0.39, 0.29) is 6.10 Å². The fourth-order valence-corrected chi connectivity index (χ4v) is 2.69. The van der Waals surface area contributed by atoms with Crippen molar-refractivity contribution in [2.45, 2.75) is 50.8 Å². The minimum absolute atomic E-state index is 0.123. The summed E-state index contributed by atoms with van der Waals surface area (Å²) in [6.07, 6.45) is 11.2. The maximum atomic E-state index is 9.97. The maximum absolute atomic E-state index is 9.97. The minimum atomic E-state index is -0.123. The Morgan fingerprint density at radius 3 is 2.94 bits per heavy atom. The highest BCUT2D eigenvalue weighted by Crippen LogP contribution is 2.22. The van der Waals surface area contributed by atoms with Gasteiger partial charge >= 0.3 is 0 Å². The number of imidazole rings is 1. The van der Waals surface area contributed by atoms with Gasteiger partial charge in [-0.2, -0.15) is 0 Å². The van der Waals surface area contributed by atoms with E-state index < -0.39 is 0 Å². The van der Waals surface area contributed by atoms with Gasteiger partial charge in [-0.15, -0.1) is 0 Å². The molecule has 96 valence electrons. The molecule has 1 aromatic rings. The lowest BCUT2D eigenvalue weighted by atomic mass is 9.91. The Morgan fingerprint density at radius 2 is 2.24 bits per heavy atom. The van der Waals surface area contributed by atoms with Crippen molar-refractivity contribution >= 4 is 0 Å².